The summed E-state index contributed by atoms with van der Waals surface area (Å²) in [7, 11) is 0. The van der Waals surface area contributed by atoms with Crippen molar-refractivity contribution >= 4 is 22.5 Å². The lowest BCUT2D eigenvalue weighted by Gasteiger charge is -2.08. The molecule has 4 rings (SSSR count). The molecule has 0 saturated carbocycles. The molecule has 6 nitrogen and oxygen atoms in total. The lowest BCUT2D eigenvalue weighted by Crippen LogP contribution is -2.12. The van der Waals surface area contributed by atoms with Crippen molar-refractivity contribution < 1.29 is 9.90 Å². The number of hydrogen-bond acceptors (Lipinski definition) is 4. The lowest BCUT2D eigenvalue weighted by molar-refractivity contribution is 0.102. The van der Waals surface area contributed by atoms with Crippen LogP contribution in [0.2, 0.25) is 0 Å². The van der Waals surface area contributed by atoms with Gasteiger partial charge in [-0.1, -0.05) is 6.07 Å². The highest BCUT2D eigenvalue weighted by molar-refractivity contribution is 6.04. The van der Waals surface area contributed by atoms with Crippen LogP contribution in [-0.2, 0) is 0 Å². The SMILES string of the molecule is O=C(Nc1ccc(-n2ccc3ccncc32)nc1)c1cccc(O)c1. The quantitative estimate of drug-likeness (QED) is 0.603. The zero-order chi connectivity index (χ0) is 17.2. The summed E-state index contributed by atoms with van der Waals surface area (Å²) < 4.78 is 1.93. The Balaban J connectivity index is 1.57. The number of carbonyl (C=O) groups is 1. The first-order valence-electron chi connectivity index (χ1n) is 7.68. The average Bonchev–Trinajstić information content (AvgIpc) is 3.06. The van der Waals surface area contributed by atoms with E-state index in [1.54, 1.807) is 36.8 Å². The maximum Gasteiger partial charge on any atom is 0.255 e. The maximum absolute atomic E-state index is 12.2. The third kappa shape index (κ3) is 2.92. The van der Waals surface area contributed by atoms with Crippen molar-refractivity contribution in [1.29, 1.82) is 0 Å². The maximum atomic E-state index is 12.2. The topological polar surface area (TPSA) is 80.0 Å². The molecule has 122 valence electrons. The van der Waals surface area contributed by atoms with Gasteiger partial charge in [0.1, 0.15) is 11.6 Å². The number of amides is 1. The third-order valence-corrected chi connectivity index (χ3v) is 3.86. The number of carbonyl (C=O) groups excluding carboxylic acids is 1. The fourth-order valence-corrected chi connectivity index (χ4v) is 2.63. The summed E-state index contributed by atoms with van der Waals surface area (Å²) in [5.74, 6) is 0.480. The van der Waals surface area contributed by atoms with Gasteiger partial charge >= 0.3 is 0 Å². The Kier molecular flexibility index (Phi) is 3.63. The smallest absolute Gasteiger partial charge is 0.255 e. The molecule has 0 radical (unpaired) electrons. The van der Waals surface area contributed by atoms with Gasteiger partial charge in [-0.15, -0.1) is 0 Å². The second-order valence-corrected chi connectivity index (χ2v) is 5.53. The predicted octanol–water partition coefficient (Wildman–Crippen LogP) is 3.38. The fraction of sp³-hybridized carbons (Fsp3) is 0. The minimum Gasteiger partial charge on any atom is -0.508 e. The van der Waals surface area contributed by atoms with E-state index in [2.05, 4.69) is 15.3 Å². The number of benzene rings is 1. The van der Waals surface area contributed by atoms with E-state index < -0.39 is 0 Å². The van der Waals surface area contributed by atoms with Crippen molar-refractivity contribution in [3.63, 3.8) is 0 Å². The Hall–Kier alpha value is -3.67. The zero-order valence-electron chi connectivity index (χ0n) is 13.1. The highest BCUT2D eigenvalue weighted by atomic mass is 16.3. The number of hydrogen-bond donors (Lipinski definition) is 2. The van der Waals surface area contributed by atoms with E-state index >= 15 is 0 Å². The molecule has 1 aromatic carbocycles. The van der Waals surface area contributed by atoms with Crippen LogP contribution in [0.1, 0.15) is 10.4 Å². The second-order valence-electron chi connectivity index (χ2n) is 5.53. The molecular formula is C19H14N4O2. The van der Waals surface area contributed by atoms with Crippen LogP contribution >= 0.6 is 0 Å². The minimum absolute atomic E-state index is 0.0502. The van der Waals surface area contributed by atoms with E-state index in [0.29, 0.717) is 11.3 Å². The van der Waals surface area contributed by atoms with E-state index in [9.17, 15) is 9.90 Å². The molecule has 0 saturated heterocycles. The van der Waals surface area contributed by atoms with Crippen LogP contribution in [0.5, 0.6) is 5.75 Å². The van der Waals surface area contributed by atoms with Gasteiger partial charge in [0.2, 0.25) is 0 Å². The molecule has 0 spiro atoms. The number of anilines is 1. The number of phenols is 1. The summed E-state index contributed by atoms with van der Waals surface area (Å²) in [5, 5.41) is 13.3. The Morgan fingerprint density at radius 2 is 2.00 bits per heavy atom. The first-order chi connectivity index (χ1) is 12.2. The van der Waals surface area contributed by atoms with Crippen LogP contribution in [-0.4, -0.2) is 25.5 Å². The van der Waals surface area contributed by atoms with Gasteiger partial charge in [0.05, 0.1) is 23.6 Å². The number of nitrogens with one attached hydrogen (secondary N) is 1. The van der Waals surface area contributed by atoms with Gasteiger partial charge in [-0.05, 0) is 42.5 Å². The van der Waals surface area contributed by atoms with Crippen LogP contribution < -0.4 is 5.32 Å². The molecule has 0 bridgehead atoms. The van der Waals surface area contributed by atoms with E-state index in [-0.39, 0.29) is 11.7 Å². The third-order valence-electron chi connectivity index (χ3n) is 3.86. The Morgan fingerprint density at radius 1 is 1.08 bits per heavy atom. The molecule has 3 aromatic heterocycles. The van der Waals surface area contributed by atoms with Crippen molar-refractivity contribution in [2.24, 2.45) is 0 Å². The van der Waals surface area contributed by atoms with Crippen LogP contribution in [0.4, 0.5) is 5.69 Å². The van der Waals surface area contributed by atoms with Gasteiger partial charge in [-0.25, -0.2) is 4.98 Å². The Labute approximate surface area is 143 Å². The summed E-state index contributed by atoms with van der Waals surface area (Å²) in [5.41, 5.74) is 1.92. The fourth-order valence-electron chi connectivity index (χ4n) is 2.63. The lowest BCUT2D eigenvalue weighted by atomic mass is 10.2. The van der Waals surface area contributed by atoms with Crippen molar-refractivity contribution in [3.05, 3.63) is 78.9 Å². The summed E-state index contributed by atoms with van der Waals surface area (Å²) in [4.78, 5) is 20.7. The normalized spacial score (nSPS) is 10.7. The Bertz CT molecular complexity index is 1050. The van der Waals surface area contributed by atoms with Gasteiger partial charge in [-0.2, -0.15) is 0 Å². The van der Waals surface area contributed by atoms with Crippen LogP contribution in [0, 0.1) is 0 Å². The van der Waals surface area contributed by atoms with Gasteiger partial charge in [0.25, 0.3) is 5.91 Å². The monoisotopic (exact) mass is 330 g/mol. The van der Waals surface area contributed by atoms with Crippen LogP contribution in [0.15, 0.2) is 73.3 Å². The van der Waals surface area contributed by atoms with Crippen LogP contribution in [0.25, 0.3) is 16.7 Å². The number of fused-ring (bicyclic) bond motifs is 1. The molecule has 1 amide bonds. The van der Waals surface area contributed by atoms with Gasteiger partial charge < -0.3 is 10.4 Å². The van der Waals surface area contributed by atoms with E-state index in [0.717, 1.165) is 16.7 Å². The molecule has 2 N–H and O–H groups in total. The van der Waals surface area contributed by atoms with Gasteiger partial charge in [0, 0.05) is 23.3 Å². The van der Waals surface area contributed by atoms with E-state index in [1.165, 1.54) is 12.1 Å². The first-order valence-corrected chi connectivity index (χ1v) is 7.68. The van der Waals surface area contributed by atoms with E-state index in [1.807, 2.05) is 29.0 Å². The second kappa shape index (κ2) is 6.09. The molecule has 0 atom stereocenters. The molecule has 4 aromatic rings. The zero-order valence-corrected chi connectivity index (χ0v) is 13.1. The average molecular weight is 330 g/mol. The molecule has 25 heavy (non-hydrogen) atoms. The number of phenolic OH excluding ortho intramolecular Hbond substituents is 1. The molecule has 6 heteroatoms. The number of rotatable bonds is 3. The summed E-state index contributed by atoms with van der Waals surface area (Å²) in [6.07, 6.45) is 7.06. The molecule has 0 aliphatic rings. The largest absolute Gasteiger partial charge is 0.508 e. The van der Waals surface area contributed by atoms with Crippen molar-refractivity contribution in [2.75, 3.05) is 5.32 Å². The predicted molar refractivity (Wildman–Crippen MR) is 94.9 cm³/mol. The Morgan fingerprint density at radius 3 is 2.80 bits per heavy atom. The molecule has 0 fully saturated rings. The van der Waals surface area contributed by atoms with Gasteiger partial charge in [-0.3, -0.25) is 14.3 Å². The summed E-state index contributed by atoms with van der Waals surface area (Å²) >= 11 is 0. The van der Waals surface area contributed by atoms with Crippen LogP contribution in [0.3, 0.4) is 0 Å². The molecule has 0 aliphatic carbocycles. The molecule has 0 aliphatic heterocycles. The van der Waals surface area contributed by atoms with Gasteiger partial charge in [0.15, 0.2) is 0 Å². The number of nitrogens with zero attached hydrogens (tertiary/aromatic N) is 3. The minimum atomic E-state index is -0.305. The van der Waals surface area contributed by atoms with E-state index in [4.69, 9.17) is 0 Å². The molecule has 0 unspecified atom stereocenters. The molecular weight excluding hydrogens is 316 g/mol. The summed E-state index contributed by atoms with van der Waals surface area (Å²) in [6.45, 7) is 0. The number of aromatic hydroxyl groups is 1. The number of pyridine rings is 2. The first kappa shape index (κ1) is 14.9. The molecule has 3 heterocycles. The number of aromatic nitrogens is 3. The van der Waals surface area contributed by atoms with Crippen molar-refractivity contribution in [2.45, 2.75) is 0 Å². The van der Waals surface area contributed by atoms with Crippen molar-refractivity contribution in [3.8, 4) is 11.6 Å². The summed E-state index contributed by atoms with van der Waals surface area (Å²) in [6, 6.07) is 13.7. The van der Waals surface area contributed by atoms with Crippen molar-refractivity contribution in [1.82, 2.24) is 14.5 Å². The highest BCUT2D eigenvalue weighted by Gasteiger charge is 2.08. The highest BCUT2D eigenvalue weighted by Crippen LogP contribution is 2.19. The standard InChI is InChI=1S/C19H14N4O2/c24-16-3-1-2-14(10-16)19(25)22-15-4-5-18(21-11-15)23-9-7-13-6-8-20-12-17(13)23/h1-12,24H,(H,22,25).